The molecule has 0 aromatic rings. The van der Waals surface area contributed by atoms with E-state index < -0.39 is 12.0 Å². The van der Waals surface area contributed by atoms with Gasteiger partial charge in [0, 0.05) is 20.2 Å². The number of ether oxygens (including phenoxy) is 1. The summed E-state index contributed by atoms with van der Waals surface area (Å²) in [4.78, 5) is 23.9. The molecular formula is C12H22N2O4. The summed E-state index contributed by atoms with van der Waals surface area (Å²) in [6.45, 7) is 3.06. The van der Waals surface area contributed by atoms with Crippen LogP contribution in [-0.2, 0) is 9.53 Å². The highest BCUT2D eigenvalue weighted by atomic mass is 16.5. The molecular weight excluding hydrogens is 236 g/mol. The molecule has 18 heavy (non-hydrogen) atoms. The molecule has 1 aliphatic heterocycles. The number of urea groups is 1. The molecule has 6 nitrogen and oxygen atoms in total. The summed E-state index contributed by atoms with van der Waals surface area (Å²) in [7, 11) is 1.50. The molecule has 0 spiro atoms. The molecule has 0 saturated carbocycles. The average molecular weight is 258 g/mol. The van der Waals surface area contributed by atoms with E-state index >= 15 is 0 Å². The highest BCUT2D eigenvalue weighted by Gasteiger charge is 2.24. The molecule has 1 rings (SSSR count). The van der Waals surface area contributed by atoms with Gasteiger partial charge in [0.1, 0.15) is 6.04 Å². The summed E-state index contributed by atoms with van der Waals surface area (Å²) in [5, 5.41) is 11.7. The number of nitrogens with zero attached hydrogens (tertiary/aromatic N) is 1. The van der Waals surface area contributed by atoms with Crippen molar-refractivity contribution in [1.29, 1.82) is 0 Å². The van der Waals surface area contributed by atoms with Gasteiger partial charge in [0.25, 0.3) is 0 Å². The molecule has 1 saturated heterocycles. The number of carbonyl (C=O) groups excluding carboxylic acids is 1. The highest BCUT2D eigenvalue weighted by Crippen LogP contribution is 2.14. The zero-order valence-corrected chi connectivity index (χ0v) is 11.0. The van der Waals surface area contributed by atoms with E-state index in [0.29, 0.717) is 13.0 Å². The van der Waals surface area contributed by atoms with E-state index in [1.807, 2.05) is 0 Å². The predicted molar refractivity (Wildman–Crippen MR) is 66.5 cm³/mol. The molecule has 0 aliphatic carbocycles. The minimum atomic E-state index is -0.978. The maximum absolute atomic E-state index is 11.7. The van der Waals surface area contributed by atoms with Gasteiger partial charge in [-0.25, -0.2) is 9.59 Å². The Morgan fingerprint density at radius 1 is 1.56 bits per heavy atom. The third kappa shape index (κ3) is 4.18. The SMILES string of the molecule is CCC(C(=O)O)N(C)C(=O)NCCC1CCCO1. The van der Waals surface area contributed by atoms with Crippen LogP contribution in [0.3, 0.4) is 0 Å². The molecule has 0 bridgehead atoms. The Kier molecular flexibility index (Phi) is 5.91. The number of carboxylic acids is 1. The van der Waals surface area contributed by atoms with Crippen molar-refractivity contribution in [2.75, 3.05) is 20.2 Å². The lowest BCUT2D eigenvalue weighted by Crippen LogP contribution is -2.47. The second-order valence-electron chi connectivity index (χ2n) is 4.53. The van der Waals surface area contributed by atoms with Gasteiger partial charge in [-0.05, 0) is 25.7 Å². The number of rotatable bonds is 6. The lowest BCUT2D eigenvalue weighted by molar-refractivity contribution is -0.141. The number of carbonyl (C=O) groups is 2. The van der Waals surface area contributed by atoms with Crippen molar-refractivity contribution in [2.45, 2.75) is 44.8 Å². The number of hydrogen-bond donors (Lipinski definition) is 2. The van der Waals surface area contributed by atoms with Crippen molar-refractivity contribution < 1.29 is 19.4 Å². The van der Waals surface area contributed by atoms with Crippen LogP contribution in [-0.4, -0.2) is 54.4 Å². The fourth-order valence-electron chi connectivity index (χ4n) is 2.09. The molecule has 2 unspecified atom stereocenters. The van der Waals surface area contributed by atoms with Crippen molar-refractivity contribution in [2.24, 2.45) is 0 Å². The molecule has 1 fully saturated rings. The normalized spacial score (nSPS) is 20.4. The van der Waals surface area contributed by atoms with Gasteiger partial charge in [0.2, 0.25) is 0 Å². The van der Waals surface area contributed by atoms with Crippen molar-refractivity contribution >= 4 is 12.0 Å². The first-order valence-corrected chi connectivity index (χ1v) is 6.41. The van der Waals surface area contributed by atoms with E-state index in [4.69, 9.17) is 9.84 Å². The van der Waals surface area contributed by atoms with Gasteiger partial charge in [-0.1, -0.05) is 6.92 Å². The van der Waals surface area contributed by atoms with Gasteiger partial charge in [-0.3, -0.25) is 0 Å². The van der Waals surface area contributed by atoms with Gasteiger partial charge in [-0.2, -0.15) is 0 Å². The molecule has 1 aliphatic rings. The van der Waals surface area contributed by atoms with Crippen LogP contribution in [0.5, 0.6) is 0 Å². The van der Waals surface area contributed by atoms with Crippen LogP contribution in [0.25, 0.3) is 0 Å². The van der Waals surface area contributed by atoms with Crippen LogP contribution in [0.1, 0.15) is 32.6 Å². The minimum Gasteiger partial charge on any atom is -0.480 e. The van der Waals surface area contributed by atoms with Crippen molar-refractivity contribution in [1.82, 2.24) is 10.2 Å². The van der Waals surface area contributed by atoms with E-state index in [1.54, 1.807) is 6.92 Å². The average Bonchev–Trinajstić information content (AvgIpc) is 2.82. The first kappa shape index (κ1) is 14.8. The zero-order valence-electron chi connectivity index (χ0n) is 11.0. The molecule has 2 atom stereocenters. The molecule has 0 aromatic heterocycles. The maximum atomic E-state index is 11.7. The zero-order chi connectivity index (χ0) is 13.5. The van der Waals surface area contributed by atoms with Gasteiger partial charge in [0.15, 0.2) is 0 Å². The van der Waals surface area contributed by atoms with Gasteiger partial charge < -0.3 is 20.1 Å². The second kappa shape index (κ2) is 7.20. The smallest absolute Gasteiger partial charge is 0.326 e. The number of hydrogen-bond acceptors (Lipinski definition) is 3. The van der Waals surface area contributed by atoms with E-state index in [2.05, 4.69) is 5.32 Å². The maximum Gasteiger partial charge on any atom is 0.326 e. The Labute approximate surface area is 107 Å². The Morgan fingerprint density at radius 2 is 2.28 bits per heavy atom. The van der Waals surface area contributed by atoms with E-state index in [-0.39, 0.29) is 12.1 Å². The third-order valence-corrected chi connectivity index (χ3v) is 3.23. The number of aliphatic carboxylic acids is 1. The lowest BCUT2D eigenvalue weighted by Gasteiger charge is -2.24. The topological polar surface area (TPSA) is 78.9 Å². The standard InChI is InChI=1S/C12H22N2O4/c1-3-10(11(15)16)14(2)12(17)13-7-6-9-5-4-8-18-9/h9-10H,3-8H2,1-2H3,(H,13,17)(H,15,16). The Balaban J connectivity index is 2.28. The Morgan fingerprint density at radius 3 is 2.78 bits per heavy atom. The van der Waals surface area contributed by atoms with Gasteiger partial charge >= 0.3 is 12.0 Å². The summed E-state index contributed by atoms with van der Waals surface area (Å²) in [6.07, 6.45) is 3.53. The largest absolute Gasteiger partial charge is 0.480 e. The first-order valence-electron chi connectivity index (χ1n) is 6.41. The van der Waals surface area contributed by atoms with Crippen molar-refractivity contribution in [3.63, 3.8) is 0 Å². The van der Waals surface area contributed by atoms with Crippen LogP contribution >= 0.6 is 0 Å². The van der Waals surface area contributed by atoms with Crippen LogP contribution in [0.15, 0.2) is 0 Å². The molecule has 0 radical (unpaired) electrons. The molecule has 6 heteroatoms. The van der Waals surface area contributed by atoms with Crippen LogP contribution in [0, 0.1) is 0 Å². The van der Waals surface area contributed by atoms with Crippen LogP contribution in [0.4, 0.5) is 4.79 Å². The quantitative estimate of drug-likeness (QED) is 0.746. The van der Waals surface area contributed by atoms with Gasteiger partial charge in [-0.15, -0.1) is 0 Å². The molecule has 0 aromatic carbocycles. The number of carboxylic acid groups (broad SMARTS) is 1. The fourth-order valence-corrected chi connectivity index (χ4v) is 2.09. The Bertz CT molecular complexity index is 290. The summed E-state index contributed by atoms with van der Waals surface area (Å²) in [6, 6.07) is -1.12. The van der Waals surface area contributed by atoms with Crippen LogP contribution in [0.2, 0.25) is 0 Å². The molecule has 2 N–H and O–H groups in total. The van der Waals surface area contributed by atoms with Gasteiger partial charge in [0.05, 0.1) is 6.10 Å². The summed E-state index contributed by atoms with van der Waals surface area (Å²) >= 11 is 0. The van der Waals surface area contributed by atoms with Crippen LogP contribution < -0.4 is 5.32 Å². The minimum absolute atomic E-state index is 0.233. The molecule has 1 heterocycles. The third-order valence-electron chi connectivity index (χ3n) is 3.23. The number of nitrogens with one attached hydrogen (secondary N) is 1. The number of likely N-dealkylation sites (N-methyl/N-ethyl adjacent to an activating group) is 1. The van der Waals surface area contributed by atoms with Crippen molar-refractivity contribution in [3.8, 4) is 0 Å². The molecule has 104 valence electrons. The van der Waals surface area contributed by atoms with E-state index in [9.17, 15) is 9.59 Å². The summed E-state index contributed by atoms with van der Waals surface area (Å²) in [5.41, 5.74) is 0. The highest BCUT2D eigenvalue weighted by molar-refractivity contribution is 5.82. The molecule has 2 amide bonds. The Hall–Kier alpha value is -1.30. The fraction of sp³-hybridized carbons (Fsp3) is 0.833. The first-order chi connectivity index (χ1) is 8.56. The second-order valence-corrected chi connectivity index (χ2v) is 4.53. The van der Waals surface area contributed by atoms with E-state index in [1.165, 1.54) is 11.9 Å². The summed E-state index contributed by atoms with van der Waals surface area (Å²) in [5.74, 6) is -0.978. The van der Waals surface area contributed by atoms with E-state index in [0.717, 1.165) is 25.9 Å². The number of amides is 2. The lowest BCUT2D eigenvalue weighted by atomic mass is 10.2. The van der Waals surface area contributed by atoms with Crippen molar-refractivity contribution in [3.05, 3.63) is 0 Å². The summed E-state index contributed by atoms with van der Waals surface area (Å²) < 4.78 is 5.44. The monoisotopic (exact) mass is 258 g/mol. The predicted octanol–water partition coefficient (Wildman–Crippen LogP) is 1.06.